The van der Waals surface area contributed by atoms with Gasteiger partial charge < -0.3 is 9.26 Å². The minimum absolute atomic E-state index is 0.00162. The van der Waals surface area contributed by atoms with Crippen LogP contribution in [-0.4, -0.2) is 14.2 Å². The summed E-state index contributed by atoms with van der Waals surface area (Å²) < 4.78 is 9.91. The number of ether oxygens (including phenoxy) is 1. The molecule has 0 aliphatic carbocycles. The summed E-state index contributed by atoms with van der Waals surface area (Å²) in [5.74, 6) is 0.729. The van der Waals surface area contributed by atoms with Crippen LogP contribution in [0.5, 0.6) is 5.75 Å². The van der Waals surface area contributed by atoms with Gasteiger partial charge in [0.25, 0.3) is 11.8 Å². The van der Waals surface area contributed by atoms with Crippen LogP contribution in [0.4, 0.5) is 5.69 Å². The Morgan fingerprint density at radius 1 is 1.44 bits per heavy atom. The molecule has 6 nitrogen and oxygen atoms in total. The zero-order valence-corrected chi connectivity index (χ0v) is 9.04. The van der Waals surface area contributed by atoms with Gasteiger partial charge >= 0.3 is 0 Å². The maximum Gasteiger partial charge on any atom is 0.286 e. The van der Waals surface area contributed by atoms with Crippen molar-refractivity contribution < 1.29 is 14.1 Å². The maximum absolute atomic E-state index is 7.26. The highest BCUT2D eigenvalue weighted by Crippen LogP contribution is 2.24. The summed E-state index contributed by atoms with van der Waals surface area (Å²) in [5.41, 5.74) is 0.838. The Bertz CT molecular complexity index is 531. The van der Waals surface area contributed by atoms with Gasteiger partial charge in [-0.05, 0) is 18.4 Å². The summed E-state index contributed by atoms with van der Waals surface area (Å²) in [7, 11) is 3.41. The van der Waals surface area contributed by atoms with Gasteiger partial charge in [0, 0.05) is 0 Å². The number of rotatable bonds is 3. The standard InChI is InChI=1S/C10H12N4O2/c1-13(14-7-10(11)16-12-14)8-5-3-4-6-9(8)15-2/h3-7,11H,1-2H3. The van der Waals surface area contributed by atoms with E-state index >= 15 is 0 Å². The Hall–Kier alpha value is -2.24. The quantitative estimate of drug-likeness (QED) is 0.734. The summed E-state index contributed by atoms with van der Waals surface area (Å²) >= 11 is 0. The van der Waals surface area contributed by atoms with Crippen molar-refractivity contribution in [2.45, 2.75) is 0 Å². The van der Waals surface area contributed by atoms with E-state index in [0.717, 1.165) is 11.4 Å². The molecule has 1 heterocycles. The van der Waals surface area contributed by atoms with Gasteiger partial charge in [-0.1, -0.05) is 23.0 Å². The number of para-hydroxylation sites is 2. The van der Waals surface area contributed by atoms with E-state index in [9.17, 15) is 0 Å². The number of hydrogen-bond acceptors (Lipinski definition) is 4. The molecule has 0 radical (unpaired) electrons. The van der Waals surface area contributed by atoms with Gasteiger partial charge in [-0.2, -0.15) is 0 Å². The average Bonchev–Trinajstić information content (AvgIpc) is 2.75. The van der Waals surface area contributed by atoms with Crippen LogP contribution in [0.1, 0.15) is 0 Å². The van der Waals surface area contributed by atoms with Gasteiger partial charge in [0.15, 0.2) is 0 Å². The van der Waals surface area contributed by atoms with Crippen molar-refractivity contribution in [2.75, 3.05) is 19.2 Å². The molecule has 1 aromatic carbocycles. The summed E-state index contributed by atoms with van der Waals surface area (Å²) in [6.45, 7) is 0. The van der Waals surface area contributed by atoms with Gasteiger partial charge in [0.05, 0.1) is 12.8 Å². The van der Waals surface area contributed by atoms with Crippen molar-refractivity contribution in [2.24, 2.45) is 0 Å². The molecular formula is C10H12N4O2. The van der Waals surface area contributed by atoms with Crippen LogP contribution >= 0.6 is 0 Å². The Morgan fingerprint density at radius 2 is 2.19 bits per heavy atom. The Balaban J connectivity index is 2.40. The van der Waals surface area contributed by atoms with E-state index in [4.69, 9.17) is 10.1 Å². The molecule has 0 amide bonds. The molecule has 84 valence electrons. The molecule has 0 bridgehead atoms. The van der Waals surface area contributed by atoms with Crippen LogP contribution in [-0.2, 0) is 0 Å². The molecule has 1 N–H and O–H groups in total. The highest BCUT2D eigenvalue weighted by Gasteiger charge is 2.09. The molecule has 6 heteroatoms. The van der Waals surface area contributed by atoms with Crippen LogP contribution in [0.25, 0.3) is 0 Å². The Labute approximate surface area is 92.1 Å². The second-order valence-corrected chi connectivity index (χ2v) is 3.18. The number of methoxy groups -OCH3 is 1. The largest absolute Gasteiger partial charge is 0.496 e. The molecule has 2 aromatic rings. The third-order valence-corrected chi connectivity index (χ3v) is 2.20. The number of benzene rings is 1. The van der Waals surface area contributed by atoms with E-state index < -0.39 is 0 Å². The predicted octanol–water partition coefficient (Wildman–Crippen LogP) is -0.0881. The number of nitrogens with one attached hydrogen (secondary N) is 1. The van der Waals surface area contributed by atoms with Crippen LogP contribution < -0.4 is 25.4 Å². The average molecular weight is 220 g/mol. The summed E-state index contributed by atoms with van der Waals surface area (Å²) in [6, 6.07) is 7.54. The van der Waals surface area contributed by atoms with E-state index in [1.165, 1.54) is 11.0 Å². The molecule has 0 spiro atoms. The molecule has 1 aromatic heterocycles. The summed E-state index contributed by atoms with van der Waals surface area (Å²) in [6.07, 6.45) is 1.46. The van der Waals surface area contributed by atoms with Gasteiger partial charge in [-0.3, -0.25) is 5.41 Å². The maximum atomic E-state index is 7.26. The highest BCUT2D eigenvalue weighted by molar-refractivity contribution is 5.55. The molecule has 16 heavy (non-hydrogen) atoms. The monoisotopic (exact) mass is 220 g/mol. The number of nitrogens with zero attached hydrogens (tertiary/aromatic N) is 3. The smallest absolute Gasteiger partial charge is 0.286 e. The van der Waals surface area contributed by atoms with Crippen molar-refractivity contribution in [3.05, 3.63) is 36.0 Å². The lowest BCUT2D eigenvalue weighted by molar-refractivity contribution is -0.753. The summed E-state index contributed by atoms with van der Waals surface area (Å²) in [5, 5.41) is 12.7. The van der Waals surface area contributed by atoms with Gasteiger partial charge in [-0.15, -0.1) is 0 Å². The lowest BCUT2D eigenvalue weighted by atomic mass is 10.3. The lowest BCUT2D eigenvalue weighted by Crippen LogP contribution is -2.54. The van der Waals surface area contributed by atoms with E-state index in [-0.39, 0.29) is 5.55 Å². The Kier molecular flexibility index (Phi) is 2.63. The van der Waals surface area contributed by atoms with Crippen LogP contribution in [0, 0.1) is 5.41 Å². The van der Waals surface area contributed by atoms with Gasteiger partial charge in [-0.25, -0.2) is 5.01 Å². The van der Waals surface area contributed by atoms with Crippen LogP contribution in [0.15, 0.2) is 35.0 Å². The minimum Gasteiger partial charge on any atom is -0.496 e. The SMILES string of the molecule is COc1ccccc1N(C)[n+]1cc(=N)o[n-]1. The van der Waals surface area contributed by atoms with Crippen molar-refractivity contribution in [1.29, 1.82) is 5.41 Å². The summed E-state index contributed by atoms with van der Waals surface area (Å²) in [4.78, 5) is 1.43. The van der Waals surface area contributed by atoms with E-state index in [2.05, 4.69) is 9.79 Å². The molecule has 0 saturated heterocycles. The highest BCUT2D eigenvalue weighted by atomic mass is 16.5. The Morgan fingerprint density at radius 3 is 2.81 bits per heavy atom. The number of aromatic nitrogens is 2. The van der Waals surface area contributed by atoms with E-state index in [0.29, 0.717) is 0 Å². The molecule has 2 rings (SSSR count). The number of anilines is 1. The molecule has 0 atom stereocenters. The molecule has 0 fully saturated rings. The third kappa shape index (κ3) is 1.77. The zero-order valence-electron chi connectivity index (χ0n) is 9.04. The lowest BCUT2D eigenvalue weighted by Gasteiger charge is -2.19. The van der Waals surface area contributed by atoms with Crippen molar-refractivity contribution in [1.82, 2.24) is 5.27 Å². The molecule has 0 aliphatic heterocycles. The van der Waals surface area contributed by atoms with Crippen molar-refractivity contribution >= 4 is 5.69 Å². The first kappa shape index (κ1) is 10.3. The van der Waals surface area contributed by atoms with Crippen LogP contribution in [0.2, 0.25) is 0 Å². The van der Waals surface area contributed by atoms with Gasteiger partial charge in [0.2, 0.25) is 0 Å². The zero-order chi connectivity index (χ0) is 11.5. The fourth-order valence-electron chi connectivity index (χ4n) is 1.39. The van der Waals surface area contributed by atoms with E-state index in [1.54, 1.807) is 19.2 Å². The third-order valence-electron chi connectivity index (χ3n) is 2.20. The normalized spacial score (nSPS) is 10.1. The van der Waals surface area contributed by atoms with Crippen molar-refractivity contribution in [3.63, 3.8) is 0 Å². The van der Waals surface area contributed by atoms with Gasteiger partial charge in [0.1, 0.15) is 5.75 Å². The topological polar surface area (TPSA) is 67.4 Å². The fourth-order valence-corrected chi connectivity index (χ4v) is 1.39. The first-order chi connectivity index (χ1) is 7.72. The number of hydrogen-bond donors (Lipinski definition) is 1. The first-order valence-corrected chi connectivity index (χ1v) is 4.69. The van der Waals surface area contributed by atoms with Crippen LogP contribution in [0.3, 0.4) is 0 Å². The molecular weight excluding hydrogens is 208 g/mol. The first-order valence-electron chi connectivity index (χ1n) is 4.69. The van der Waals surface area contributed by atoms with Crippen molar-refractivity contribution in [3.8, 4) is 5.75 Å². The predicted molar refractivity (Wildman–Crippen MR) is 54.9 cm³/mol. The second kappa shape index (κ2) is 4.09. The molecule has 0 aliphatic rings. The fraction of sp³-hybridized carbons (Fsp3) is 0.200. The minimum atomic E-state index is 0.00162. The molecule has 0 saturated carbocycles. The molecule has 0 unspecified atom stereocenters. The van der Waals surface area contributed by atoms with E-state index in [1.807, 2.05) is 24.3 Å². The second-order valence-electron chi connectivity index (χ2n) is 3.18.